The van der Waals surface area contributed by atoms with E-state index in [1.807, 2.05) is 26.0 Å². The van der Waals surface area contributed by atoms with Crippen molar-refractivity contribution in [3.05, 3.63) is 61.9 Å². The van der Waals surface area contributed by atoms with Crippen LogP contribution in [-0.2, 0) is 23.5 Å². The molecule has 9 heteroatoms. The number of aromatic nitrogens is 3. The Bertz CT molecular complexity index is 1340. The van der Waals surface area contributed by atoms with Gasteiger partial charge in [0.05, 0.1) is 11.1 Å². The van der Waals surface area contributed by atoms with Gasteiger partial charge >= 0.3 is 5.69 Å². The molecule has 1 N–H and O–H groups in total. The largest absolute Gasteiger partial charge is 0.329 e. The molecular formula is C19H20N4O4S. The van der Waals surface area contributed by atoms with E-state index in [1.54, 1.807) is 0 Å². The lowest BCUT2D eigenvalue weighted by Crippen LogP contribution is -2.36. The SMILES string of the molecule is Cc1cc(C)c2c(c1)CCCN2S(=O)(=O)c1cnc2c(c1)c(=O)[nH]c(=O)n2C. The number of benzene rings is 1. The highest BCUT2D eigenvalue weighted by molar-refractivity contribution is 7.92. The minimum Gasteiger partial charge on any atom is -0.281 e. The molecule has 3 aromatic rings. The van der Waals surface area contributed by atoms with E-state index < -0.39 is 21.3 Å². The number of H-pyrrole nitrogens is 1. The molecule has 0 spiro atoms. The molecule has 0 aliphatic carbocycles. The number of aromatic amines is 1. The number of hydrogen-bond acceptors (Lipinski definition) is 5. The van der Waals surface area contributed by atoms with Crippen molar-refractivity contribution in [2.24, 2.45) is 7.05 Å². The number of aryl methyl sites for hydroxylation is 4. The van der Waals surface area contributed by atoms with Crippen molar-refractivity contribution in [3.8, 4) is 0 Å². The van der Waals surface area contributed by atoms with Gasteiger partial charge in [-0.25, -0.2) is 18.2 Å². The monoisotopic (exact) mass is 400 g/mol. The number of nitrogens with zero attached hydrogens (tertiary/aromatic N) is 3. The third kappa shape index (κ3) is 2.73. The Balaban J connectivity index is 1.92. The zero-order valence-corrected chi connectivity index (χ0v) is 16.6. The predicted octanol–water partition coefficient (Wildman–Crippen LogP) is 1.38. The number of sulfonamides is 1. The van der Waals surface area contributed by atoms with Gasteiger partial charge in [-0.3, -0.25) is 18.7 Å². The third-order valence-corrected chi connectivity index (χ3v) is 6.86. The van der Waals surface area contributed by atoms with Gasteiger partial charge in [0.25, 0.3) is 15.6 Å². The first-order chi connectivity index (χ1) is 13.2. The van der Waals surface area contributed by atoms with Crippen molar-refractivity contribution in [3.63, 3.8) is 0 Å². The van der Waals surface area contributed by atoms with Crippen LogP contribution in [0.3, 0.4) is 0 Å². The van der Waals surface area contributed by atoms with Gasteiger partial charge in [-0.2, -0.15) is 0 Å². The Morgan fingerprint density at radius 1 is 1.14 bits per heavy atom. The van der Waals surface area contributed by atoms with Crippen LogP contribution in [0.4, 0.5) is 5.69 Å². The molecule has 0 unspecified atom stereocenters. The molecule has 146 valence electrons. The minimum absolute atomic E-state index is 0.0565. The van der Waals surface area contributed by atoms with Crippen LogP contribution < -0.4 is 15.6 Å². The summed E-state index contributed by atoms with van der Waals surface area (Å²) < 4.78 is 29.4. The van der Waals surface area contributed by atoms with Crippen LogP contribution in [0.5, 0.6) is 0 Å². The van der Waals surface area contributed by atoms with E-state index in [0.717, 1.165) is 23.1 Å². The van der Waals surface area contributed by atoms with Gasteiger partial charge in [-0.05, 0) is 43.9 Å². The summed E-state index contributed by atoms with van der Waals surface area (Å²) in [5.41, 5.74) is 2.57. The number of fused-ring (bicyclic) bond motifs is 2. The van der Waals surface area contributed by atoms with Crippen molar-refractivity contribution in [1.29, 1.82) is 0 Å². The van der Waals surface area contributed by atoms with Gasteiger partial charge in [0.15, 0.2) is 0 Å². The van der Waals surface area contributed by atoms with E-state index in [-0.39, 0.29) is 15.9 Å². The fourth-order valence-corrected chi connectivity index (χ4v) is 5.42. The lowest BCUT2D eigenvalue weighted by molar-refractivity contribution is 0.586. The third-order valence-electron chi connectivity index (χ3n) is 5.10. The molecule has 0 bridgehead atoms. The molecule has 0 amide bonds. The average Bonchev–Trinajstić information content (AvgIpc) is 2.65. The van der Waals surface area contributed by atoms with E-state index in [4.69, 9.17) is 0 Å². The number of nitrogens with one attached hydrogen (secondary N) is 1. The second-order valence-corrected chi connectivity index (χ2v) is 8.99. The highest BCUT2D eigenvalue weighted by Crippen LogP contribution is 2.35. The van der Waals surface area contributed by atoms with Crippen LogP contribution in [0.1, 0.15) is 23.1 Å². The first kappa shape index (κ1) is 18.4. The normalized spacial score (nSPS) is 14.3. The lowest BCUT2D eigenvalue weighted by atomic mass is 9.97. The summed E-state index contributed by atoms with van der Waals surface area (Å²) in [5, 5.41) is 0.0565. The number of hydrogen-bond donors (Lipinski definition) is 1. The quantitative estimate of drug-likeness (QED) is 0.700. The molecule has 28 heavy (non-hydrogen) atoms. The van der Waals surface area contributed by atoms with E-state index in [0.29, 0.717) is 18.7 Å². The first-order valence-corrected chi connectivity index (χ1v) is 10.4. The molecule has 0 radical (unpaired) electrons. The molecule has 4 rings (SSSR count). The van der Waals surface area contributed by atoms with Crippen LogP contribution in [0.2, 0.25) is 0 Å². The van der Waals surface area contributed by atoms with Gasteiger partial charge in [-0.1, -0.05) is 17.7 Å². The number of pyridine rings is 1. The maximum atomic E-state index is 13.4. The van der Waals surface area contributed by atoms with E-state index in [1.165, 1.54) is 28.2 Å². The summed E-state index contributed by atoms with van der Waals surface area (Å²) in [6.07, 6.45) is 2.74. The highest BCUT2D eigenvalue weighted by Gasteiger charge is 2.31. The van der Waals surface area contributed by atoms with Crippen molar-refractivity contribution in [2.75, 3.05) is 10.8 Å². The number of rotatable bonds is 2. The van der Waals surface area contributed by atoms with Gasteiger partial charge in [0.1, 0.15) is 10.5 Å². The average molecular weight is 400 g/mol. The summed E-state index contributed by atoms with van der Waals surface area (Å²) in [7, 11) is -2.44. The second kappa shape index (κ2) is 6.30. The molecule has 0 atom stereocenters. The van der Waals surface area contributed by atoms with Crippen LogP contribution in [-0.4, -0.2) is 29.5 Å². The summed E-state index contributed by atoms with van der Waals surface area (Å²) in [6.45, 7) is 4.25. The molecule has 0 saturated carbocycles. The Kier molecular flexibility index (Phi) is 4.15. The lowest BCUT2D eigenvalue weighted by Gasteiger charge is -2.32. The Hall–Kier alpha value is -2.94. The zero-order valence-electron chi connectivity index (χ0n) is 15.8. The standard InChI is InChI=1S/C19H20N4O4S/c1-11-7-12(2)16-13(8-11)5-4-6-23(16)28(26,27)14-9-15-17(20-10-14)22(3)19(25)21-18(15)24/h7-10H,4-6H2,1-3H3,(H,21,24,25). The molecule has 8 nitrogen and oxygen atoms in total. The molecule has 1 aliphatic heterocycles. The minimum atomic E-state index is -3.91. The molecule has 0 saturated heterocycles. The zero-order chi connectivity index (χ0) is 20.2. The van der Waals surface area contributed by atoms with E-state index in [2.05, 4.69) is 9.97 Å². The highest BCUT2D eigenvalue weighted by atomic mass is 32.2. The maximum absolute atomic E-state index is 13.4. The van der Waals surface area contributed by atoms with Gasteiger partial charge in [-0.15, -0.1) is 0 Å². The molecule has 1 aliphatic rings. The maximum Gasteiger partial charge on any atom is 0.329 e. The van der Waals surface area contributed by atoms with E-state index >= 15 is 0 Å². The van der Waals surface area contributed by atoms with Crippen molar-refractivity contribution in [2.45, 2.75) is 31.6 Å². The number of anilines is 1. The Morgan fingerprint density at radius 3 is 2.64 bits per heavy atom. The predicted molar refractivity (Wildman–Crippen MR) is 106 cm³/mol. The summed E-state index contributed by atoms with van der Waals surface area (Å²) >= 11 is 0. The first-order valence-electron chi connectivity index (χ1n) is 8.92. The van der Waals surface area contributed by atoms with Crippen LogP contribution in [0, 0.1) is 13.8 Å². The smallest absolute Gasteiger partial charge is 0.281 e. The van der Waals surface area contributed by atoms with Crippen LogP contribution >= 0.6 is 0 Å². The Labute approximate surface area is 161 Å². The second-order valence-electron chi connectivity index (χ2n) is 7.13. The van der Waals surface area contributed by atoms with Gasteiger partial charge in [0, 0.05) is 19.8 Å². The van der Waals surface area contributed by atoms with Gasteiger partial charge < -0.3 is 0 Å². The molecule has 2 aromatic heterocycles. The van der Waals surface area contributed by atoms with Crippen LogP contribution in [0.15, 0.2) is 38.9 Å². The summed E-state index contributed by atoms with van der Waals surface area (Å²) in [6, 6.07) is 5.27. The van der Waals surface area contributed by atoms with Crippen LogP contribution in [0.25, 0.3) is 11.0 Å². The Morgan fingerprint density at radius 2 is 1.89 bits per heavy atom. The summed E-state index contributed by atoms with van der Waals surface area (Å²) in [5.74, 6) is 0. The van der Waals surface area contributed by atoms with Crippen molar-refractivity contribution in [1.82, 2.24) is 14.5 Å². The topological polar surface area (TPSA) is 105 Å². The molecule has 0 fully saturated rings. The fraction of sp³-hybridized carbons (Fsp3) is 0.316. The fourth-order valence-electron chi connectivity index (χ4n) is 3.85. The summed E-state index contributed by atoms with van der Waals surface area (Å²) in [4.78, 5) is 30.1. The molecule has 3 heterocycles. The van der Waals surface area contributed by atoms with E-state index in [9.17, 15) is 18.0 Å². The molecular weight excluding hydrogens is 380 g/mol. The van der Waals surface area contributed by atoms with Crippen molar-refractivity contribution < 1.29 is 8.42 Å². The molecule has 1 aromatic carbocycles. The van der Waals surface area contributed by atoms with Crippen molar-refractivity contribution >= 4 is 26.7 Å². The van der Waals surface area contributed by atoms with Gasteiger partial charge in [0.2, 0.25) is 0 Å².